The molecule has 2 aromatic rings. The fourth-order valence-corrected chi connectivity index (χ4v) is 1.19. The van der Waals surface area contributed by atoms with Crippen molar-refractivity contribution >= 4 is 11.8 Å². The molecule has 0 aromatic carbocycles. The predicted molar refractivity (Wildman–Crippen MR) is 58.5 cm³/mol. The van der Waals surface area contributed by atoms with E-state index in [1.54, 1.807) is 30.7 Å². The van der Waals surface area contributed by atoms with Gasteiger partial charge in [0.25, 0.3) is 0 Å². The molecule has 0 fully saturated rings. The monoisotopic (exact) mass is 233 g/mol. The normalized spacial score (nSPS) is 10.1. The Balaban J connectivity index is 1.82. The molecule has 0 spiro atoms. The van der Waals surface area contributed by atoms with Gasteiger partial charge < -0.3 is 10.5 Å². The predicted octanol–water partition coefficient (Wildman–Crippen LogP) is -0.00130. The summed E-state index contributed by atoms with van der Waals surface area (Å²) in [4.78, 5) is 19.3. The van der Waals surface area contributed by atoms with Gasteiger partial charge in [-0.25, -0.2) is 9.97 Å². The zero-order valence-corrected chi connectivity index (χ0v) is 8.98. The van der Waals surface area contributed by atoms with Crippen LogP contribution in [0, 0.1) is 0 Å². The number of carbonyl (C=O) groups excluding carboxylic acids is 1. The number of nitrogens with zero attached hydrogens (tertiary/aromatic N) is 4. The summed E-state index contributed by atoms with van der Waals surface area (Å²) in [7, 11) is 0. The van der Waals surface area contributed by atoms with E-state index in [0.717, 1.165) is 0 Å². The molecule has 7 heteroatoms. The molecule has 2 heterocycles. The highest BCUT2D eigenvalue weighted by molar-refractivity contribution is 5.69. The highest BCUT2D eigenvalue weighted by atomic mass is 16.5. The lowest BCUT2D eigenvalue weighted by molar-refractivity contribution is -0.146. The molecule has 0 aliphatic carbocycles. The highest BCUT2D eigenvalue weighted by Crippen LogP contribution is 1.97. The molecule has 2 N–H and O–H groups in total. The molecule has 0 aliphatic heterocycles. The standard InChI is InChI=1S/C10H11N5O2/c11-8-2-5-15(14-8)6-10(16)17-7-9-12-3-1-4-13-9/h1-5H,6-7H2,(H2,11,14). The fourth-order valence-electron chi connectivity index (χ4n) is 1.19. The number of esters is 1. The van der Waals surface area contributed by atoms with Gasteiger partial charge in [0.05, 0.1) is 0 Å². The molecule has 0 saturated carbocycles. The molecule has 0 atom stereocenters. The molecule has 17 heavy (non-hydrogen) atoms. The van der Waals surface area contributed by atoms with Gasteiger partial charge in [-0.1, -0.05) is 0 Å². The average Bonchev–Trinajstić information content (AvgIpc) is 2.73. The second-order valence-electron chi connectivity index (χ2n) is 3.26. The maximum absolute atomic E-state index is 11.4. The van der Waals surface area contributed by atoms with E-state index in [0.29, 0.717) is 11.6 Å². The number of nitrogen functional groups attached to an aromatic ring is 1. The van der Waals surface area contributed by atoms with Crippen molar-refractivity contribution < 1.29 is 9.53 Å². The number of ether oxygens (including phenoxy) is 1. The van der Waals surface area contributed by atoms with Crippen molar-refractivity contribution in [1.29, 1.82) is 0 Å². The fraction of sp³-hybridized carbons (Fsp3) is 0.200. The van der Waals surface area contributed by atoms with E-state index in [2.05, 4.69) is 15.1 Å². The number of nitrogens with two attached hydrogens (primary N) is 1. The molecule has 2 rings (SSSR count). The van der Waals surface area contributed by atoms with Gasteiger partial charge in [-0.05, 0) is 12.1 Å². The minimum atomic E-state index is -0.416. The lowest BCUT2D eigenvalue weighted by Crippen LogP contribution is -2.14. The SMILES string of the molecule is Nc1ccn(CC(=O)OCc2ncccn2)n1. The first-order chi connectivity index (χ1) is 8.24. The quantitative estimate of drug-likeness (QED) is 0.746. The highest BCUT2D eigenvalue weighted by Gasteiger charge is 2.06. The summed E-state index contributed by atoms with van der Waals surface area (Å²) >= 11 is 0. The third-order valence-corrected chi connectivity index (χ3v) is 1.93. The van der Waals surface area contributed by atoms with Crippen LogP contribution in [0.3, 0.4) is 0 Å². The van der Waals surface area contributed by atoms with Crippen molar-refractivity contribution in [2.75, 3.05) is 5.73 Å². The molecular weight excluding hydrogens is 222 g/mol. The molecule has 0 unspecified atom stereocenters. The van der Waals surface area contributed by atoms with Gasteiger partial charge >= 0.3 is 5.97 Å². The number of aromatic nitrogens is 4. The maximum Gasteiger partial charge on any atom is 0.328 e. The van der Waals surface area contributed by atoms with E-state index in [4.69, 9.17) is 10.5 Å². The molecule has 0 saturated heterocycles. The minimum Gasteiger partial charge on any atom is -0.456 e. The van der Waals surface area contributed by atoms with Crippen LogP contribution in [0.4, 0.5) is 5.82 Å². The van der Waals surface area contributed by atoms with Crippen LogP contribution in [0.15, 0.2) is 30.7 Å². The second kappa shape index (κ2) is 5.06. The minimum absolute atomic E-state index is 0.0179. The van der Waals surface area contributed by atoms with E-state index in [1.165, 1.54) is 4.68 Å². The first kappa shape index (κ1) is 11.1. The lowest BCUT2D eigenvalue weighted by Gasteiger charge is -2.03. The van der Waals surface area contributed by atoms with Crippen LogP contribution >= 0.6 is 0 Å². The van der Waals surface area contributed by atoms with Crippen molar-refractivity contribution in [1.82, 2.24) is 19.7 Å². The second-order valence-corrected chi connectivity index (χ2v) is 3.26. The van der Waals surface area contributed by atoms with Gasteiger partial charge in [0.1, 0.15) is 12.4 Å². The van der Waals surface area contributed by atoms with Crippen LogP contribution < -0.4 is 5.73 Å². The van der Waals surface area contributed by atoms with Crippen LogP contribution in [0.5, 0.6) is 0 Å². The zero-order chi connectivity index (χ0) is 12.1. The Hall–Kier alpha value is -2.44. The molecule has 0 bridgehead atoms. The number of anilines is 1. The van der Waals surface area contributed by atoms with Crippen LogP contribution in [-0.4, -0.2) is 25.7 Å². The van der Waals surface area contributed by atoms with Crippen molar-refractivity contribution in [2.45, 2.75) is 13.2 Å². The Bertz CT molecular complexity index is 496. The van der Waals surface area contributed by atoms with Crippen LogP contribution in [-0.2, 0) is 22.7 Å². The van der Waals surface area contributed by atoms with Crippen LogP contribution in [0.1, 0.15) is 5.82 Å². The molecule has 2 aromatic heterocycles. The zero-order valence-electron chi connectivity index (χ0n) is 8.98. The first-order valence-electron chi connectivity index (χ1n) is 4.94. The van der Waals surface area contributed by atoms with Gasteiger partial charge in [0, 0.05) is 18.6 Å². The average molecular weight is 233 g/mol. The Morgan fingerprint density at radius 3 is 2.82 bits per heavy atom. The van der Waals surface area contributed by atoms with Gasteiger partial charge in [0.2, 0.25) is 0 Å². The molecule has 0 radical (unpaired) electrons. The van der Waals surface area contributed by atoms with Gasteiger partial charge in [-0.3, -0.25) is 9.48 Å². The molecule has 88 valence electrons. The summed E-state index contributed by atoms with van der Waals surface area (Å²) in [5.74, 6) is 0.408. The maximum atomic E-state index is 11.4. The van der Waals surface area contributed by atoms with E-state index in [1.807, 2.05) is 0 Å². The topological polar surface area (TPSA) is 95.9 Å². The summed E-state index contributed by atoms with van der Waals surface area (Å²) in [5, 5.41) is 3.87. The largest absolute Gasteiger partial charge is 0.456 e. The summed E-state index contributed by atoms with van der Waals surface area (Å²) in [6.45, 7) is 0.0699. The third-order valence-electron chi connectivity index (χ3n) is 1.93. The van der Waals surface area contributed by atoms with E-state index in [9.17, 15) is 4.79 Å². The molecule has 0 aliphatic rings. The summed E-state index contributed by atoms with van der Waals surface area (Å²) < 4.78 is 6.38. The van der Waals surface area contributed by atoms with Gasteiger partial charge in [-0.2, -0.15) is 5.10 Å². The number of rotatable bonds is 4. The Morgan fingerprint density at radius 2 is 2.18 bits per heavy atom. The first-order valence-corrected chi connectivity index (χ1v) is 4.94. The number of hydrogen-bond donors (Lipinski definition) is 1. The van der Waals surface area contributed by atoms with E-state index >= 15 is 0 Å². The van der Waals surface area contributed by atoms with Gasteiger partial charge in [-0.15, -0.1) is 0 Å². The molecule has 7 nitrogen and oxygen atoms in total. The molecule has 0 amide bonds. The van der Waals surface area contributed by atoms with Crippen molar-refractivity contribution in [3.8, 4) is 0 Å². The smallest absolute Gasteiger partial charge is 0.328 e. The van der Waals surface area contributed by atoms with Crippen molar-refractivity contribution in [2.24, 2.45) is 0 Å². The van der Waals surface area contributed by atoms with E-state index in [-0.39, 0.29) is 13.2 Å². The Kier molecular flexibility index (Phi) is 3.29. The summed E-state index contributed by atoms with van der Waals surface area (Å²) in [5.41, 5.74) is 5.42. The Morgan fingerprint density at radius 1 is 1.41 bits per heavy atom. The van der Waals surface area contributed by atoms with Crippen molar-refractivity contribution in [3.05, 3.63) is 36.5 Å². The number of hydrogen-bond acceptors (Lipinski definition) is 6. The van der Waals surface area contributed by atoms with Crippen molar-refractivity contribution in [3.63, 3.8) is 0 Å². The third kappa shape index (κ3) is 3.26. The summed E-state index contributed by atoms with van der Waals surface area (Å²) in [6, 6.07) is 3.30. The van der Waals surface area contributed by atoms with E-state index < -0.39 is 5.97 Å². The van der Waals surface area contributed by atoms with Crippen LogP contribution in [0.25, 0.3) is 0 Å². The summed E-state index contributed by atoms with van der Waals surface area (Å²) in [6.07, 6.45) is 4.78. The van der Waals surface area contributed by atoms with Gasteiger partial charge in [0.15, 0.2) is 12.4 Å². The Labute approximate surface area is 97.2 Å². The number of carbonyl (C=O) groups is 1. The lowest BCUT2D eigenvalue weighted by atomic mass is 10.5. The molecular formula is C10H11N5O2. The van der Waals surface area contributed by atoms with Crippen LogP contribution in [0.2, 0.25) is 0 Å².